The molecule has 0 bridgehead atoms. The highest BCUT2D eigenvalue weighted by molar-refractivity contribution is 5.88. The van der Waals surface area contributed by atoms with Gasteiger partial charge in [-0.2, -0.15) is 0 Å². The van der Waals surface area contributed by atoms with Gasteiger partial charge in [-0.25, -0.2) is 0 Å². The molecule has 1 aromatic carbocycles. The Labute approximate surface area is 127 Å². The van der Waals surface area contributed by atoms with Crippen molar-refractivity contribution in [3.8, 4) is 5.75 Å². The zero-order valence-electron chi connectivity index (χ0n) is 13.5. The number of benzene rings is 1. The van der Waals surface area contributed by atoms with Gasteiger partial charge in [0.2, 0.25) is 5.91 Å². The Morgan fingerprint density at radius 3 is 2.76 bits per heavy atom. The molecule has 0 spiro atoms. The summed E-state index contributed by atoms with van der Waals surface area (Å²) >= 11 is 0. The van der Waals surface area contributed by atoms with E-state index in [2.05, 4.69) is 19.2 Å². The predicted molar refractivity (Wildman–Crippen MR) is 84.2 cm³/mol. The Hall–Kier alpha value is -1.55. The molecule has 1 aromatic rings. The summed E-state index contributed by atoms with van der Waals surface area (Å²) < 4.78 is 5.30. The number of ether oxygens (including phenoxy) is 1. The lowest BCUT2D eigenvalue weighted by molar-refractivity contribution is -0.133. The Balaban J connectivity index is 2.31. The highest BCUT2D eigenvalue weighted by Gasteiger charge is 2.46. The van der Waals surface area contributed by atoms with Crippen molar-refractivity contribution in [1.82, 2.24) is 10.2 Å². The second kappa shape index (κ2) is 6.48. The quantitative estimate of drug-likeness (QED) is 0.875. The fourth-order valence-corrected chi connectivity index (χ4v) is 2.76. The summed E-state index contributed by atoms with van der Waals surface area (Å²) in [6.07, 6.45) is 2.82. The molecule has 0 radical (unpaired) electrons. The van der Waals surface area contributed by atoms with E-state index >= 15 is 0 Å². The standard InChI is InChI=1S/C17H26N2O2/c1-5-7-11-19-15(18-17(3,6-2)16(19)20)13-9-8-10-14(12-13)21-4/h8-10,12,15,18H,5-7,11H2,1-4H3. The third kappa shape index (κ3) is 3.05. The van der Waals surface area contributed by atoms with E-state index in [1.807, 2.05) is 36.1 Å². The van der Waals surface area contributed by atoms with Crippen LogP contribution in [0.4, 0.5) is 0 Å². The molecule has 1 N–H and O–H groups in total. The fourth-order valence-electron chi connectivity index (χ4n) is 2.76. The molecule has 4 nitrogen and oxygen atoms in total. The van der Waals surface area contributed by atoms with Gasteiger partial charge >= 0.3 is 0 Å². The van der Waals surface area contributed by atoms with Crippen LogP contribution in [-0.2, 0) is 4.79 Å². The number of unbranched alkanes of at least 4 members (excludes halogenated alkanes) is 1. The molecule has 1 heterocycles. The van der Waals surface area contributed by atoms with E-state index in [9.17, 15) is 4.79 Å². The smallest absolute Gasteiger partial charge is 0.244 e. The average Bonchev–Trinajstić information content (AvgIpc) is 2.78. The molecule has 2 rings (SSSR count). The number of carbonyl (C=O) groups is 1. The molecule has 4 heteroatoms. The minimum absolute atomic E-state index is 0.0656. The van der Waals surface area contributed by atoms with Gasteiger partial charge < -0.3 is 9.64 Å². The third-order valence-electron chi connectivity index (χ3n) is 4.37. The number of rotatable bonds is 6. The summed E-state index contributed by atoms with van der Waals surface area (Å²) in [4.78, 5) is 14.7. The van der Waals surface area contributed by atoms with Gasteiger partial charge in [0.1, 0.15) is 11.9 Å². The number of nitrogens with one attached hydrogen (secondary N) is 1. The molecule has 116 valence electrons. The van der Waals surface area contributed by atoms with Crippen LogP contribution < -0.4 is 10.1 Å². The van der Waals surface area contributed by atoms with Crippen LogP contribution in [-0.4, -0.2) is 30.0 Å². The van der Waals surface area contributed by atoms with Gasteiger partial charge in [0, 0.05) is 6.54 Å². The zero-order chi connectivity index (χ0) is 15.5. The normalized spacial score (nSPS) is 25.4. The maximum Gasteiger partial charge on any atom is 0.244 e. The highest BCUT2D eigenvalue weighted by Crippen LogP contribution is 2.33. The molecule has 1 amide bonds. The van der Waals surface area contributed by atoms with Crippen molar-refractivity contribution in [2.75, 3.05) is 13.7 Å². The van der Waals surface area contributed by atoms with Crippen LogP contribution in [0.15, 0.2) is 24.3 Å². The first-order chi connectivity index (χ1) is 10.1. The van der Waals surface area contributed by atoms with Crippen LogP contribution in [0.25, 0.3) is 0 Å². The third-order valence-corrected chi connectivity index (χ3v) is 4.37. The van der Waals surface area contributed by atoms with Crippen molar-refractivity contribution in [3.63, 3.8) is 0 Å². The van der Waals surface area contributed by atoms with Crippen molar-refractivity contribution >= 4 is 5.91 Å². The van der Waals surface area contributed by atoms with Crippen molar-refractivity contribution < 1.29 is 9.53 Å². The van der Waals surface area contributed by atoms with E-state index in [0.29, 0.717) is 0 Å². The van der Waals surface area contributed by atoms with Crippen molar-refractivity contribution in [3.05, 3.63) is 29.8 Å². The summed E-state index contributed by atoms with van der Waals surface area (Å²) in [7, 11) is 1.66. The Kier molecular flexibility index (Phi) is 4.88. The molecule has 2 atom stereocenters. The molecular formula is C17H26N2O2. The zero-order valence-corrected chi connectivity index (χ0v) is 13.5. The second-order valence-electron chi connectivity index (χ2n) is 5.86. The first-order valence-electron chi connectivity index (χ1n) is 7.78. The molecule has 1 fully saturated rings. The average molecular weight is 290 g/mol. The van der Waals surface area contributed by atoms with Gasteiger partial charge in [-0.3, -0.25) is 10.1 Å². The Morgan fingerprint density at radius 2 is 2.14 bits per heavy atom. The number of hydrogen-bond donors (Lipinski definition) is 1. The molecule has 0 saturated carbocycles. The van der Waals surface area contributed by atoms with E-state index in [1.165, 1.54) is 0 Å². The minimum atomic E-state index is -0.471. The van der Waals surface area contributed by atoms with Gasteiger partial charge in [0.05, 0.1) is 12.6 Å². The van der Waals surface area contributed by atoms with Crippen LogP contribution in [0.1, 0.15) is 51.8 Å². The highest BCUT2D eigenvalue weighted by atomic mass is 16.5. The summed E-state index contributed by atoms with van der Waals surface area (Å²) in [5.41, 5.74) is 0.609. The summed E-state index contributed by atoms with van der Waals surface area (Å²) in [6.45, 7) is 6.98. The maximum absolute atomic E-state index is 12.7. The van der Waals surface area contributed by atoms with Crippen LogP contribution in [0, 0.1) is 0 Å². The summed E-state index contributed by atoms with van der Waals surface area (Å²) in [6, 6.07) is 7.95. The second-order valence-corrected chi connectivity index (χ2v) is 5.86. The molecule has 1 saturated heterocycles. The van der Waals surface area contributed by atoms with Gasteiger partial charge in [0.15, 0.2) is 0 Å². The topological polar surface area (TPSA) is 41.6 Å². The minimum Gasteiger partial charge on any atom is -0.497 e. The lowest BCUT2D eigenvalue weighted by Gasteiger charge is -2.24. The number of methoxy groups -OCH3 is 1. The van der Waals surface area contributed by atoms with E-state index in [1.54, 1.807) is 7.11 Å². The Bertz CT molecular complexity index is 503. The molecule has 0 aliphatic carbocycles. The van der Waals surface area contributed by atoms with Gasteiger partial charge in [-0.1, -0.05) is 32.4 Å². The van der Waals surface area contributed by atoms with E-state index in [0.717, 1.165) is 37.1 Å². The lowest BCUT2D eigenvalue weighted by Crippen LogP contribution is -2.43. The van der Waals surface area contributed by atoms with Crippen molar-refractivity contribution in [2.24, 2.45) is 0 Å². The molecule has 2 unspecified atom stereocenters. The number of hydrogen-bond acceptors (Lipinski definition) is 3. The summed E-state index contributed by atoms with van der Waals surface area (Å²) in [5, 5.41) is 3.51. The first-order valence-corrected chi connectivity index (χ1v) is 7.78. The fraction of sp³-hybridized carbons (Fsp3) is 0.588. The predicted octanol–water partition coefficient (Wildman–Crippen LogP) is 3.09. The number of nitrogens with zero attached hydrogens (tertiary/aromatic N) is 1. The van der Waals surface area contributed by atoms with Crippen molar-refractivity contribution in [2.45, 2.75) is 51.7 Å². The van der Waals surface area contributed by atoms with E-state index in [-0.39, 0.29) is 12.1 Å². The van der Waals surface area contributed by atoms with Crippen LogP contribution in [0.3, 0.4) is 0 Å². The molecule has 1 aliphatic rings. The molecule has 1 aliphatic heterocycles. The van der Waals surface area contributed by atoms with Crippen LogP contribution in [0.2, 0.25) is 0 Å². The van der Waals surface area contributed by atoms with Crippen LogP contribution in [0.5, 0.6) is 5.75 Å². The Morgan fingerprint density at radius 1 is 1.38 bits per heavy atom. The SMILES string of the molecule is CCCCN1C(=O)C(C)(CC)NC1c1cccc(OC)c1. The molecule has 21 heavy (non-hydrogen) atoms. The van der Waals surface area contributed by atoms with Gasteiger partial charge in [0.25, 0.3) is 0 Å². The summed E-state index contributed by atoms with van der Waals surface area (Å²) in [5.74, 6) is 1.02. The maximum atomic E-state index is 12.7. The molecule has 0 aromatic heterocycles. The largest absolute Gasteiger partial charge is 0.497 e. The first kappa shape index (κ1) is 15.8. The number of carbonyl (C=O) groups excluding carboxylic acids is 1. The van der Waals surface area contributed by atoms with Gasteiger partial charge in [-0.05, 0) is 37.5 Å². The van der Waals surface area contributed by atoms with E-state index < -0.39 is 5.54 Å². The van der Waals surface area contributed by atoms with E-state index in [4.69, 9.17) is 4.74 Å². The van der Waals surface area contributed by atoms with Crippen LogP contribution >= 0.6 is 0 Å². The van der Waals surface area contributed by atoms with Gasteiger partial charge in [-0.15, -0.1) is 0 Å². The molecular weight excluding hydrogens is 264 g/mol. The number of amides is 1. The van der Waals surface area contributed by atoms with Crippen molar-refractivity contribution in [1.29, 1.82) is 0 Å². The monoisotopic (exact) mass is 290 g/mol. The lowest BCUT2D eigenvalue weighted by atomic mass is 9.99.